The standard InChI is InChI=1S/C14H23N3O/c1-18-8-7-16-14-5-4-13(11-17-14)9-12-3-2-6-15-10-12/h4-5,11-12,15H,2-3,6-10H2,1H3,(H,16,17)/t12-/m0/s1. The Labute approximate surface area is 109 Å². The first-order chi connectivity index (χ1) is 8.88. The molecule has 100 valence electrons. The summed E-state index contributed by atoms with van der Waals surface area (Å²) in [6.07, 6.45) is 5.76. The average molecular weight is 249 g/mol. The quantitative estimate of drug-likeness (QED) is 0.753. The van der Waals surface area contributed by atoms with Crippen LogP contribution in [0.25, 0.3) is 0 Å². The molecule has 0 bridgehead atoms. The normalized spacial score (nSPS) is 19.7. The van der Waals surface area contributed by atoms with Gasteiger partial charge >= 0.3 is 0 Å². The summed E-state index contributed by atoms with van der Waals surface area (Å²) >= 11 is 0. The van der Waals surface area contributed by atoms with E-state index in [2.05, 4.69) is 27.8 Å². The first kappa shape index (κ1) is 13.3. The summed E-state index contributed by atoms with van der Waals surface area (Å²) in [4.78, 5) is 4.43. The van der Waals surface area contributed by atoms with Crippen LogP contribution in [0.3, 0.4) is 0 Å². The molecule has 1 aliphatic rings. The van der Waals surface area contributed by atoms with E-state index in [4.69, 9.17) is 4.74 Å². The van der Waals surface area contributed by atoms with Crippen LogP contribution in [-0.4, -0.2) is 38.3 Å². The van der Waals surface area contributed by atoms with E-state index in [1.807, 2.05) is 6.20 Å². The Balaban J connectivity index is 1.79. The number of piperidine rings is 1. The Morgan fingerprint density at radius 2 is 2.44 bits per heavy atom. The van der Waals surface area contributed by atoms with Crippen LogP contribution in [0, 0.1) is 5.92 Å². The molecule has 1 aliphatic heterocycles. The number of aromatic nitrogens is 1. The Kier molecular flexibility index (Phi) is 5.42. The van der Waals surface area contributed by atoms with E-state index in [-0.39, 0.29) is 0 Å². The van der Waals surface area contributed by atoms with Crippen molar-refractivity contribution in [3.8, 4) is 0 Å². The van der Waals surface area contributed by atoms with Crippen LogP contribution < -0.4 is 10.6 Å². The second-order valence-corrected chi connectivity index (χ2v) is 4.89. The minimum atomic E-state index is 0.706. The van der Waals surface area contributed by atoms with Crippen molar-refractivity contribution in [2.24, 2.45) is 5.92 Å². The van der Waals surface area contributed by atoms with Crippen molar-refractivity contribution in [3.05, 3.63) is 23.9 Å². The third kappa shape index (κ3) is 4.27. The highest BCUT2D eigenvalue weighted by atomic mass is 16.5. The van der Waals surface area contributed by atoms with Crippen LogP contribution in [0.2, 0.25) is 0 Å². The van der Waals surface area contributed by atoms with Crippen LogP contribution in [0.15, 0.2) is 18.3 Å². The molecule has 1 aromatic heterocycles. The SMILES string of the molecule is COCCNc1ccc(C[C@@H]2CCCNC2)cn1. The lowest BCUT2D eigenvalue weighted by Gasteiger charge is -2.22. The van der Waals surface area contributed by atoms with Gasteiger partial charge in [0.1, 0.15) is 5.82 Å². The fraction of sp³-hybridized carbons (Fsp3) is 0.643. The van der Waals surface area contributed by atoms with Gasteiger partial charge in [-0.1, -0.05) is 6.07 Å². The van der Waals surface area contributed by atoms with E-state index < -0.39 is 0 Å². The zero-order valence-electron chi connectivity index (χ0n) is 11.1. The number of rotatable bonds is 6. The lowest BCUT2D eigenvalue weighted by molar-refractivity contribution is 0.210. The third-order valence-electron chi connectivity index (χ3n) is 3.36. The van der Waals surface area contributed by atoms with Crippen molar-refractivity contribution >= 4 is 5.82 Å². The predicted molar refractivity (Wildman–Crippen MR) is 73.9 cm³/mol. The molecule has 0 amide bonds. The topological polar surface area (TPSA) is 46.2 Å². The van der Waals surface area contributed by atoms with Crippen molar-refractivity contribution < 1.29 is 4.74 Å². The number of hydrogen-bond donors (Lipinski definition) is 2. The van der Waals surface area contributed by atoms with Gasteiger partial charge in [-0.15, -0.1) is 0 Å². The van der Waals surface area contributed by atoms with Gasteiger partial charge in [-0.05, 0) is 49.9 Å². The van der Waals surface area contributed by atoms with E-state index in [9.17, 15) is 0 Å². The highest BCUT2D eigenvalue weighted by Gasteiger charge is 2.13. The summed E-state index contributed by atoms with van der Waals surface area (Å²) in [7, 11) is 1.70. The molecule has 1 aromatic rings. The Morgan fingerprint density at radius 3 is 3.11 bits per heavy atom. The van der Waals surface area contributed by atoms with Crippen LogP contribution in [0.4, 0.5) is 5.82 Å². The van der Waals surface area contributed by atoms with Gasteiger partial charge in [0.05, 0.1) is 6.61 Å². The first-order valence-electron chi connectivity index (χ1n) is 6.77. The summed E-state index contributed by atoms with van der Waals surface area (Å²) in [5, 5.41) is 6.68. The zero-order chi connectivity index (χ0) is 12.6. The lowest BCUT2D eigenvalue weighted by Crippen LogP contribution is -2.30. The molecule has 4 heteroatoms. The Morgan fingerprint density at radius 1 is 1.50 bits per heavy atom. The minimum Gasteiger partial charge on any atom is -0.383 e. The number of ether oxygens (including phenoxy) is 1. The van der Waals surface area contributed by atoms with Crippen LogP contribution in [0.5, 0.6) is 0 Å². The predicted octanol–water partition coefficient (Wildman–Crippen LogP) is 1.68. The van der Waals surface area contributed by atoms with Crippen LogP contribution >= 0.6 is 0 Å². The highest BCUT2D eigenvalue weighted by molar-refractivity contribution is 5.35. The number of nitrogens with zero attached hydrogens (tertiary/aromatic N) is 1. The maximum Gasteiger partial charge on any atom is 0.125 e. The summed E-state index contributed by atoms with van der Waals surface area (Å²) in [5.74, 6) is 1.70. The average Bonchev–Trinajstić information content (AvgIpc) is 2.42. The molecular weight excluding hydrogens is 226 g/mol. The zero-order valence-corrected chi connectivity index (χ0v) is 11.1. The molecule has 0 unspecified atom stereocenters. The van der Waals surface area contributed by atoms with Crippen molar-refractivity contribution in [1.82, 2.24) is 10.3 Å². The van der Waals surface area contributed by atoms with Gasteiger partial charge in [0, 0.05) is 19.9 Å². The maximum absolute atomic E-state index is 4.99. The smallest absolute Gasteiger partial charge is 0.125 e. The summed E-state index contributed by atoms with van der Waals surface area (Å²) in [6, 6.07) is 4.23. The van der Waals surface area contributed by atoms with Crippen molar-refractivity contribution in [2.75, 3.05) is 38.7 Å². The fourth-order valence-corrected chi connectivity index (χ4v) is 2.36. The number of pyridine rings is 1. The maximum atomic E-state index is 4.99. The summed E-state index contributed by atoms with van der Waals surface area (Å²) in [5.41, 5.74) is 1.33. The first-order valence-corrected chi connectivity index (χ1v) is 6.77. The molecule has 18 heavy (non-hydrogen) atoms. The molecule has 2 N–H and O–H groups in total. The molecule has 2 rings (SSSR count). The summed E-state index contributed by atoms with van der Waals surface area (Å²) < 4.78 is 4.99. The number of hydrogen-bond acceptors (Lipinski definition) is 4. The van der Waals surface area contributed by atoms with Crippen molar-refractivity contribution in [3.63, 3.8) is 0 Å². The highest BCUT2D eigenvalue weighted by Crippen LogP contribution is 2.16. The largest absolute Gasteiger partial charge is 0.383 e. The van der Waals surface area contributed by atoms with Gasteiger partial charge in [-0.25, -0.2) is 4.98 Å². The Bertz CT molecular complexity index is 333. The van der Waals surface area contributed by atoms with Crippen molar-refractivity contribution in [1.29, 1.82) is 0 Å². The van der Waals surface area contributed by atoms with Gasteiger partial charge in [0.25, 0.3) is 0 Å². The summed E-state index contributed by atoms with van der Waals surface area (Å²) in [6.45, 7) is 3.83. The molecule has 2 heterocycles. The molecular formula is C14H23N3O. The monoisotopic (exact) mass is 249 g/mol. The van der Waals surface area contributed by atoms with Gasteiger partial charge in [-0.2, -0.15) is 0 Å². The van der Waals surface area contributed by atoms with Crippen molar-refractivity contribution in [2.45, 2.75) is 19.3 Å². The van der Waals surface area contributed by atoms with Gasteiger partial charge < -0.3 is 15.4 Å². The van der Waals surface area contributed by atoms with Gasteiger partial charge in [0.15, 0.2) is 0 Å². The molecule has 4 nitrogen and oxygen atoms in total. The van der Waals surface area contributed by atoms with Crippen LogP contribution in [-0.2, 0) is 11.2 Å². The number of anilines is 1. The van der Waals surface area contributed by atoms with Gasteiger partial charge in [0.2, 0.25) is 0 Å². The number of nitrogens with one attached hydrogen (secondary N) is 2. The Hall–Kier alpha value is -1.13. The molecule has 0 radical (unpaired) electrons. The fourth-order valence-electron chi connectivity index (χ4n) is 2.36. The third-order valence-corrected chi connectivity index (χ3v) is 3.36. The number of methoxy groups -OCH3 is 1. The van der Waals surface area contributed by atoms with Gasteiger partial charge in [-0.3, -0.25) is 0 Å². The molecule has 0 aliphatic carbocycles. The molecule has 0 saturated carbocycles. The molecule has 1 atom stereocenters. The minimum absolute atomic E-state index is 0.706. The van der Waals surface area contributed by atoms with E-state index in [0.29, 0.717) is 6.61 Å². The second-order valence-electron chi connectivity index (χ2n) is 4.89. The molecule has 1 saturated heterocycles. The molecule has 0 spiro atoms. The molecule has 0 aromatic carbocycles. The van der Waals surface area contributed by atoms with E-state index in [1.54, 1.807) is 7.11 Å². The van der Waals surface area contributed by atoms with E-state index in [1.165, 1.54) is 24.9 Å². The second kappa shape index (κ2) is 7.34. The lowest BCUT2D eigenvalue weighted by atomic mass is 9.93. The van der Waals surface area contributed by atoms with Crippen LogP contribution in [0.1, 0.15) is 18.4 Å². The molecule has 1 fully saturated rings. The van der Waals surface area contributed by atoms with E-state index in [0.717, 1.165) is 31.2 Å². The van der Waals surface area contributed by atoms with E-state index >= 15 is 0 Å².